The molecule has 0 bridgehead atoms. The lowest BCUT2D eigenvalue weighted by Gasteiger charge is -2.02. The summed E-state index contributed by atoms with van der Waals surface area (Å²) in [6.07, 6.45) is 1.38. The van der Waals surface area contributed by atoms with Crippen LogP contribution in [0.2, 0.25) is 0 Å². The van der Waals surface area contributed by atoms with Gasteiger partial charge in [0, 0.05) is 6.20 Å². The Morgan fingerprint density at radius 3 is 3.00 bits per heavy atom. The minimum absolute atomic E-state index is 0.121. The first-order chi connectivity index (χ1) is 5.65. The highest BCUT2D eigenvalue weighted by Gasteiger charge is 2.09. The Morgan fingerprint density at radius 2 is 2.42 bits per heavy atom. The second-order valence-corrected chi connectivity index (χ2v) is 2.19. The fourth-order valence-electron chi connectivity index (χ4n) is 0.765. The van der Waals surface area contributed by atoms with E-state index in [1.165, 1.54) is 19.4 Å². The van der Waals surface area contributed by atoms with Gasteiger partial charge in [0.15, 0.2) is 0 Å². The van der Waals surface area contributed by atoms with Gasteiger partial charge in [0.25, 0.3) is 0 Å². The summed E-state index contributed by atoms with van der Waals surface area (Å²) in [6, 6.07) is 1.42. The molecule has 1 heterocycles. The van der Waals surface area contributed by atoms with E-state index in [9.17, 15) is 4.79 Å². The Bertz CT molecular complexity index is 314. The Hall–Kier alpha value is -1.52. The molecule has 1 aromatic heterocycles. The molecule has 12 heavy (non-hydrogen) atoms. The highest BCUT2D eigenvalue weighted by atomic mass is 16.5. The van der Waals surface area contributed by atoms with E-state index in [4.69, 9.17) is 13.6 Å². The lowest BCUT2D eigenvalue weighted by atomic mass is 9.97. The molecule has 0 aromatic carbocycles. The van der Waals surface area contributed by atoms with Crippen molar-refractivity contribution in [2.75, 3.05) is 12.8 Å². The van der Waals surface area contributed by atoms with Crippen molar-refractivity contribution in [1.29, 1.82) is 0 Å². The summed E-state index contributed by atoms with van der Waals surface area (Å²) in [4.78, 5) is 14.7. The fourth-order valence-corrected chi connectivity index (χ4v) is 0.765. The number of hydrogen-bond donors (Lipinski definition) is 1. The Kier molecular flexibility index (Phi) is 2.33. The Balaban J connectivity index is 3.13. The van der Waals surface area contributed by atoms with E-state index < -0.39 is 5.97 Å². The third-order valence-electron chi connectivity index (χ3n) is 1.34. The number of ether oxygens (including phenoxy) is 1. The van der Waals surface area contributed by atoms with Crippen LogP contribution in [0.15, 0.2) is 12.3 Å². The third-order valence-corrected chi connectivity index (χ3v) is 1.34. The number of anilines is 1. The molecule has 5 heteroatoms. The van der Waals surface area contributed by atoms with Crippen LogP contribution in [0.5, 0.6) is 0 Å². The van der Waals surface area contributed by atoms with Gasteiger partial charge in [0.1, 0.15) is 19.2 Å². The van der Waals surface area contributed by atoms with Crippen LogP contribution in [0.3, 0.4) is 0 Å². The molecule has 0 aliphatic heterocycles. The van der Waals surface area contributed by atoms with Gasteiger partial charge in [-0.05, 0) is 6.07 Å². The summed E-state index contributed by atoms with van der Waals surface area (Å²) in [5, 5.41) is 0. The molecule has 1 aromatic rings. The number of carbonyl (C=O) groups excluding carboxylic acids is 1. The van der Waals surface area contributed by atoms with E-state index in [0.717, 1.165) is 0 Å². The highest BCUT2D eigenvalue weighted by Crippen LogP contribution is 2.05. The number of nitrogen functional groups attached to an aromatic ring is 1. The number of pyridine rings is 1. The standard InChI is InChI=1S/C7H7BN2O2/c1-12-7(11)5-2-4(8)3-10-6(5)9/h2-3H,1H3,(H2,9,10). The second-order valence-electron chi connectivity index (χ2n) is 2.19. The van der Waals surface area contributed by atoms with E-state index >= 15 is 0 Å². The largest absolute Gasteiger partial charge is 0.465 e. The van der Waals surface area contributed by atoms with Gasteiger partial charge in [-0.2, -0.15) is 0 Å². The summed E-state index contributed by atoms with van der Waals surface area (Å²) in [6.45, 7) is 0. The van der Waals surface area contributed by atoms with E-state index in [1.54, 1.807) is 0 Å². The minimum atomic E-state index is -0.535. The second kappa shape index (κ2) is 3.25. The number of hydrogen-bond acceptors (Lipinski definition) is 4. The molecule has 4 nitrogen and oxygen atoms in total. The molecular weight excluding hydrogens is 155 g/mol. The maximum atomic E-state index is 11.0. The van der Waals surface area contributed by atoms with Gasteiger partial charge in [0.05, 0.1) is 7.11 Å². The fraction of sp³-hybridized carbons (Fsp3) is 0.143. The molecule has 0 saturated heterocycles. The molecule has 0 amide bonds. The lowest BCUT2D eigenvalue weighted by molar-refractivity contribution is 0.0601. The molecule has 0 spiro atoms. The smallest absolute Gasteiger partial charge is 0.341 e. The number of methoxy groups -OCH3 is 1. The number of carbonyl (C=O) groups is 1. The van der Waals surface area contributed by atoms with Crippen LogP contribution in [-0.4, -0.2) is 25.9 Å². The van der Waals surface area contributed by atoms with Crippen molar-refractivity contribution >= 4 is 25.1 Å². The van der Waals surface area contributed by atoms with Crippen LogP contribution in [0.1, 0.15) is 10.4 Å². The van der Waals surface area contributed by atoms with Crippen LogP contribution in [0.25, 0.3) is 0 Å². The maximum Gasteiger partial charge on any atom is 0.341 e. The van der Waals surface area contributed by atoms with Gasteiger partial charge in [-0.15, -0.1) is 0 Å². The van der Waals surface area contributed by atoms with Crippen LogP contribution >= 0.6 is 0 Å². The molecule has 0 saturated carbocycles. The summed E-state index contributed by atoms with van der Waals surface area (Å²) in [5.41, 5.74) is 5.97. The van der Waals surface area contributed by atoms with Gasteiger partial charge < -0.3 is 10.5 Å². The van der Waals surface area contributed by atoms with Crippen LogP contribution in [0, 0.1) is 0 Å². The molecule has 0 fully saturated rings. The number of esters is 1. The van der Waals surface area contributed by atoms with E-state index in [-0.39, 0.29) is 11.4 Å². The van der Waals surface area contributed by atoms with Crippen molar-refractivity contribution in [3.8, 4) is 0 Å². The molecule has 0 unspecified atom stereocenters. The van der Waals surface area contributed by atoms with Crippen LogP contribution in [-0.2, 0) is 4.74 Å². The van der Waals surface area contributed by atoms with E-state index in [1.807, 2.05) is 0 Å². The maximum absolute atomic E-state index is 11.0. The first kappa shape index (κ1) is 8.58. The van der Waals surface area contributed by atoms with Crippen LogP contribution < -0.4 is 11.2 Å². The molecule has 0 atom stereocenters. The quantitative estimate of drug-likeness (QED) is 0.435. The molecule has 2 N–H and O–H groups in total. The molecule has 1 rings (SSSR count). The number of rotatable bonds is 1. The topological polar surface area (TPSA) is 65.2 Å². The minimum Gasteiger partial charge on any atom is -0.465 e. The highest BCUT2D eigenvalue weighted by molar-refractivity contribution is 6.32. The number of nitrogens with zero attached hydrogens (tertiary/aromatic N) is 1. The van der Waals surface area contributed by atoms with Gasteiger partial charge in [-0.1, -0.05) is 5.46 Å². The zero-order valence-electron chi connectivity index (χ0n) is 6.57. The summed E-state index contributed by atoms with van der Waals surface area (Å²) in [5.74, 6) is -0.414. The summed E-state index contributed by atoms with van der Waals surface area (Å²) >= 11 is 0. The van der Waals surface area contributed by atoms with E-state index in [0.29, 0.717) is 5.46 Å². The Morgan fingerprint density at radius 1 is 1.75 bits per heavy atom. The monoisotopic (exact) mass is 162 g/mol. The van der Waals surface area contributed by atoms with Crippen molar-refractivity contribution in [1.82, 2.24) is 4.98 Å². The zero-order chi connectivity index (χ0) is 9.14. The van der Waals surface area contributed by atoms with Crippen molar-refractivity contribution in [3.63, 3.8) is 0 Å². The van der Waals surface area contributed by atoms with Crippen molar-refractivity contribution in [2.24, 2.45) is 0 Å². The lowest BCUT2D eigenvalue weighted by Crippen LogP contribution is -2.13. The van der Waals surface area contributed by atoms with Gasteiger partial charge in [0.2, 0.25) is 0 Å². The summed E-state index contributed by atoms with van der Waals surface area (Å²) < 4.78 is 4.46. The van der Waals surface area contributed by atoms with Gasteiger partial charge in [-0.25, -0.2) is 9.78 Å². The van der Waals surface area contributed by atoms with E-state index in [2.05, 4.69) is 9.72 Å². The number of nitrogens with two attached hydrogens (primary N) is 1. The average molecular weight is 162 g/mol. The van der Waals surface area contributed by atoms with Crippen molar-refractivity contribution in [2.45, 2.75) is 0 Å². The molecule has 60 valence electrons. The van der Waals surface area contributed by atoms with Crippen LogP contribution in [0.4, 0.5) is 5.82 Å². The zero-order valence-corrected chi connectivity index (χ0v) is 6.57. The molecule has 0 aliphatic carbocycles. The first-order valence-corrected chi connectivity index (χ1v) is 3.24. The normalized spacial score (nSPS) is 9.42. The SMILES string of the molecule is [B]c1cnc(N)c(C(=O)OC)c1. The third kappa shape index (κ3) is 1.55. The van der Waals surface area contributed by atoms with Gasteiger partial charge in [-0.3, -0.25) is 0 Å². The number of aromatic nitrogens is 1. The molecular formula is C7H7BN2O2. The van der Waals surface area contributed by atoms with Crippen molar-refractivity contribution < 1.29 is 9.53 Å². The summed E-state index contributed by atoms with van der Waals surface area (Å²) in [7, 11) is 6.66. The molecule has 0 aliphatic rings. The first-order valence-electron chi connectivity index (χ1n) is 3.24. The predicted molar refractivity (Wildman–Crippen MR) is 45.4 cm³/mol. The average Bonchev–Trinajstić information content (AvgIpc) is 2.08. The Labute approximate surface area is 71.1 Å². The molecule has 2 radical (unpaired) electrons. The van der Waals surface area contributed by atoms with Crippen molar-refractivity contribution in [3.05, 3.63) is 17.8 Å². The van der Waals surface area contributed by atoms with Gasteiger partial charge >= 0.3 is 5.97 Å². The predicted octanol–water partition coefficient (Wildman–Crippen LogP) is -0.756.